The first-order chi connectivity index (χ1) is 18.3. The van der Waals surface area contributed by atoms with Crippen molar-refractivity contribution in [2.75, 3.05) is 16.8 Å². The quantitative estimate of drug-likeness (QED) is 0.376. The van der Waals surface area contributed by atoms with E-state index in [2.05, 4.69) is 10.6 Å². The van der Waals surface area contributed by atoms with Gasteiger partial charge in [-0.15, -0.1) is 0 Å². The van der Waals surface area contributed by atoms with Crippen molar-refractivity contribution in [1.82, 2.24) is 5.32 Å². The molecule has 0 aliphatic carbocycles. The monoisotopic (exact) mass is 562 g/mol. The predicted molar refractivity (Wildman–Crippen MR) is 129 cm³/mol. The van der Waals surface area contributed by atoms with Gasteiger partial charge in [0.05, 0.1) is 30.8 Å². The summed E-state index contributed by atoms with van der Waals surface area (Å²) in [5.74, 6) is -2.31. The summed E-state index contributed by atoms with van der Waals surface area (Å²) in [7, 11) is 0. The number of halogens is 6. The summed E-state index contributed by atoms with van der Waals surface area (Å²) in [4.78, 5) is 26.8. The molecule has 0 radical (unpaired) electrons. The summed E-state index contributed by atoms with van der Waals surface area (Å²) >= 11 is 6.25. The first kappa shape index (κ1) is 26.4. The number of fused-ring (bicyclic) bond motifs is 2. The highest BCUT2D eigenvalue weighted by Crippen LogP contribution is 2.49. The molecule has 3 N–H and O–H groups in total. The van der Waals surface area contributed by atoms with E-state index in [4.69, 9.17) is 11.6 Å². The van der Waals surface area contributed by atoms with E-state index in [0.717, 1.165) is 24.3 Å². The zero-order valence-electron chi connectivity index (χ0n) is 19.5. The normalized spacial score (nSPS) is 19.8. The minimum Gasteiger partial charge on any atom is -0.375 e. The molecule has 0 unspecified atom stereocenters. The van der Waals surface area contributed by atoms with Crippen LogP contribution in [0.3, 0.4) is 0 Å². The van der Waals surface area contributed by atoms with Gasteiger partial charge in [-0.1, -0.05) is 11.6 Å². The Kier molecular flexibility index (Phi) is 6.24. The number of nitrogens with one attached hydrogen (secondary N) is 2. The Morgan fingerprint density at radius 1 is 1.18 bits per heavy atom. The van der Waals surface area contributed by atoms with Crippen LogP contribution in [0, 0.1) is 23.0 Å². The zero-order chi connectivity index (χ0) is 28.3. The number of benzene rings is 3. The molecule has 0 fully saturated rings. The number of amides is 3. The fourth-order valence-corrected chi connectivity index (χ4v) is 5.07. The van der Waals surface area contributed by atoms with Crippen LogP contribution in [0.1, 0.15) is 38.7 Å². The first-order valence-corrected chi connectivity index (χ1v) is 11.7. The molecule has 3 amide bonds. The predicted octanol–water partition coefficient (Wildman–Crippen LogP) is 5.32. The van der Waals surface area contributed by atoms with Gasteiger partial charge in [0.25, 0.3) is 5.91 Å². The number of nitrogens with zero attached hydrogens (tertiary/aromatic N) is 2. The molecule has 0 bridgehead atoms. The molecule has 0 saturated heterocycles. The molecule has 13 heteroatoms. The molecule has 5 rings (SSSR count). The summed E-state index contributed by atoms with van der Waals surface area (Å²) in [6, 6.07) is 8.26. The Hall–Kier alpha value is -4.21. The SMILES string of the molecule is N#CCc1cc(NC(=O)N2C[C@@](O)(C(F)(F)F)c3cc(F)ccc32)c2c(c1)C(=O)N[C@@H]2c1cc(F)ccc1Cl. The highest BCUT2D eigenvalue weighted by atomic mass is 35.5. The lowest BCUT2D eigenvalue weighted by Gasteiger charge is -2.27. The van der Waals surface area contributed by atoms with Crippen LogP contribution in [0.5, 0.6) is 0 Å². The maximum absolute atomic E-state index is 14.1. The summed E-state index contributed by atoms with van der Waals surface area (Å²) in [5, 5.41) is 24.9. The van der Waals surface area contributed by atoms with E-state index >= 15 is 0 Å². The average Bonchev–Trinajstić information content (AvgIpc) is 3.36. The van der Waals surface area contributed by atoms with Gasteiger partial charge >= 0.3 is 12.2 Å². The van der Waals surface area contributed by atoms with Gasteiger partial charge in [0.1, 0.15) is 11.6 Å². The van der Waals surface area contributed by atoms with Crippen LogP contribution in [-0.4, -0.2) is 29.8 Å². The highest BCUT2D eigenvalue weighted by Gasteiger charge is 2.61. The third-order valence-electron chi connectivity index (χ3n) is 6.64. The van der Waals surface area contributed by atoms with Crippen LogP contribution in [0.2, 0.25) is 5.02 Å². The van der Waals surface area contributed by atoms with Gasteiger partial charge in [-0.25, -0.2) is 13.6 Å². The van der Waals surface area contributed by atoms with Gasteiger partial charge in [-0.05, 0) is 54.1 Å². The van der Waals surface area contributed by atoms with Crippen molar-refractivity contribution in [2.45, 2.75) is 24.2 Å². The van der Waals surface area contributed by atoms with E-state index in [1.165, 1.54) is 18.2 Å². The fourth-order valence-electron chi connectivity index (χ4n) is 4.84. The Labute approximate surface area is 222 Å². The molecule has 3 aromatic carbocycles. The third kappa shape index (κ3) is 4.33. The number of β-amino-alcohol motifs (C(OH)–C–C–N with tert-alkyl or cyclic N) is 1. The van der Waals surface area contributed by atoms with Crippen LogP contribution in [0.15, 0.2) is 48.5 Å². The van der Waals surface area contributed by atoms with Crippen molar-refractivity contribution >= 4 is 34.9 Å². The molecule has 2 aliphatic heterocycles. The maximum atomic E-state index is 14.1. The Balaban J connectivity index is 1.60. The van der Waals surface area contributed by atoms with Crippen LogP contribution in [-0.2, 0) is 12.0 Å². The molecule has 2 aliphatic rings. The van der Waals surface area contributed by atoms with Gasteiger partial charge in [-0.3, -0.25) is 9.69 Å². The van der Waals surface area contributed by atoms with Crippen molar-refractivity contribution in [3.05, 3.63) is 93.0 Å². The summed E-state index contributed by atoms with van der Waals surface area (Å²) < 4.78 is 69.4. The molecule has 2 atom stereocenters. The molecular formula is C26H16ClF5N4O3. The molecule has 2 heterocycles. The number of carbonyl (C=O) groups is 2. The molecular weight excluding hydrogens is 547 g/mol. The maximum Gasteiger partial charge on any atom is 0.423 e. The minimum absolute atomic E-state index is 0.0408. The summed E-state index contributed by atoms with van der Waals surface area (Å²) in [6.07, 6.45) is -5.41. The Bertz CT molecular complexity index is 1590. The Morgan fingerprint density at radius 2 is 1.87 bits per heavy atom. The summed E-state index contributed by atoms with van der Waals surface area (Å²) in [6.45, 7) is -1.27. The largest absolute Gasteiger partial charge is 0.423 e. The molecule has 200 valence electrons. The molecule has 0 spiro atoms. The number of nitriles is 1. The third-order valence-corrected chi connectivity index (χ3v) is 6.98. The van der Waals surface area contributed by atoms with Crippen LogP contribution in [0.25, 0.3) is 0 Å². The van der Waals surface area contributed by atoms with E-state index in [-0.39, 0.29) is 39.5 Å². The minimum atomic E-state index is -5.24. The number of hydrogen-bond acceptors (Lipinski definition) is 4. The van der Waals surface area contributed by atoms with Gasteiger partial charge in [0.15, 0.2) is 0 Å². The van der Waals surface area contributed by atoms with Crippen molar-refractivity contribution in [2.24, 2.45) is 0 Å². The van der Waals surface area contributed by atoms with Crippen molar-refractivity contribution in [1.29, 1.82) is 5.26 Å². The van der Waals surface area contributed by atoms with E-state index in [1.54, 1.807) is 0 Å². The molecule has 0 aromatic heterocycles. The second kappa shape index (κ2) is 9.21. The number of carbonyl (C=O) groups excluding carboxylic acids is 2. The van der Waals surface area contributed by atoms with Gasteiger partial charge < -0.3 is 15.7 Å². The van der Waals surface area contributed by atoms with Gasteiger partial charge in [0.2, 0.25) is 5.60 Å². The zero-order valence-corrected chi connectivity index (χ0v) is 20.3. The van der Waals surface area contributed by atoms with Gasteiger partial charge in [0, 0.05) is 33.0 Å². The number of urea groups is 1. The van der Waals surface area contributed by atoms with E-state index in [0.29, 0.717) is 16.5 Å². The molecule has 39 heavy (non-hydrogen) atoms. The standard InChI is InChI=1S/C26H16ClF5N4O3/c27-18-3-1-13(28)9-15(18)22-21-16(23(37)35-22)7-12(5-6-33)8-19(21)34-24(38)36-11-25(39,26(30,31)32)17-10-14(29)2-4-20(17)36/h1-4,7-10,22,39H,5,11H2,(H,34,38)(H,35,37)/t22-,25+/m1/s1. The highest BCUT2D eigenvalue weighted by molar-refractivity contribution is 6.31. The fraction of sp³-hybridized carbons (Fsp3) is 0.192. The first-order valence-electron chi connectivity index (χ1n) is 11.3. The van der Waals surface area contributed by atoms with Crippen molar-refractivity contribution < 1.29 is 36.6 Å². The van der Waals surface area contributed by atoms with Crippen LogP contribution < -0.4 is 15.5 Å². The van der Waals surface area contributed by atoms with Gasteiger partial charge in [-0.2, -0.15) is 18.4 Å². The van der Waals surface area contributed by atoms with Crippen molar-refractivity contribution in [3.8, 4) is 6.07 Å². The molecule has 0 saturated carbocycles. The van der Waals surface area contributed by atoms with Crippen LogP contribution >= 0.6 is 11.6 Å². The number of hydrogen-bond donors (Lipinski definition) is 3. The second-order valence-corrected chi connectivity index (χ2v) is 9.45. The lowest BCUT2D eigenvalue weighted by Crippen LogP contribution is -2.48. The second-order valence-electron chi connectivity index (χ2n) is 9.05. The molecule has 3 aromatic rings. The van der Waals surface area contributed by atoms with E-state index in [1.807, 2.05) is 6.07 Å². The number of aliphatic hydroxyl groups is 1. The smallest absolute Gasteiger partial charge is 0.375 e. The lowest BCUT2D eigenvalue weighted by atomic mass is 9.94. The van der Waals surface area contributed by atoms with E-state index in [9.17, 15) is 41.9 Å². The molecule has 7 nitrogen and oxygen atoms in total. The summed E-state index contributed by atoms with van der Waals surface area (Å²) in [5.41, 5.74) is -4.16. The van der Waals surface area contributed by atoms with Crippen molar-refractivity contribution in [3.63, 3.8) is 0 Å². The van der Waals surface area contributed by atoms with Crippen LogP contribution in [0.4, 0.5) is 38.1 Å². The topological polar surface area (TPSA) is 105 Å². The lowest BCUT2D eigenvalue weighted by molar-refractivity contribution is -0.258. The number of alkyl halides is 3. The number of rotatable bonds is 3. The number of anilines is 2. The van der Waals surface area contributed by atoms with E-state index < -0.39 is 53.5 Å². The Morgan fingerprint density at radius 3 is 2.56 bits per heavy atom. The average molecular weight is 563 g/mol.